The zero-order valence-electron chi connectivity index (χ0n) is 13.0. The van der Waals surface area contributed by atoms with Crippen LogP contribution >= 0.6 is 0 Å². The summed E-state index contributed by atoms with van der Waals surface area (Å²) >= 11 is 0. The van der Waals surface area contributed by atoms with Gasteiger partial charge in [0.15, 0.2) is 0 Å². The smallest absolute Gasteiger partial charge is 0.325 e. The highest BCUT2D eigenvalue weighted by Crippen LogP contribution is 2.18. The topological polar surface area (TPSA) is 41.6 Å². The Balaban J connectivity index is 2.33. The highest BCUT2D eigenvalue weighted by molar-refractivity contribution is 5.80. The van der Waals surface area contributed by atoms with Crippen molar-refractivity contribution in [3.05, 3.63) is 0 Å². The van der Waals surface area contributed by atoms with Gasteiger partial charge in [0.25, 0.3) is 0 Å². The molecule has 1 rings (SSSR count). The Morgan fingerprint density at radius 2 is 1.95 bits per heavy atom. The largest absolute Gasteiger partial charge is 0.468 e. The first kappa shape index (κ1) is 16.4. The van der Waals surface area contributed by atoms with E-state index in [1.165, 1.54) is 39.6 Å². The van der Waals surface area contributed by atoms with Gasteiger partial charge in [0.05, 0.1) is 7.11 Å². The Hall–Kier alpha value is -0.610. The molecule has 0 aliphatic carbocycles. The second-order valence-corrected chi connectivity index (χ2v) is 6.13. The van der Waals surface area contributed by atoms with Gasteiger partial charge < -0.3 is 9.64 Å². The van der Waals surface area contributed by atoms with Gasteiger partial charge in [-0.25, -0.2) is 0 Å². The third-order valence-electron chi connectivity index (χ3n) is 3.84. The average Bonchev–Trinajstić information content (AvgIpc) is 2.85. The third-order valence-corrected chi connectivity index (χ3v) is 3.84. The number of hydrogen-bond acceptors (Lipinski definition) is 4. The minimum atomic E-state index is -0.548. The van der Waals surface area contributed by atoms with Gasteiger partial charge in [-0.3, -0.25) is 10.1 Å². The molecule has 112 valence electrons. The van der Waals surface area contributed by atoms with Crippen molar-refractivity contribution in [1.82, 2.24) is 10.2 Å². The lowest BCUT2D eigenvalue weighted by atomic mass is 9.93. The van der Waals surface area contributed by atoms with Crippen molar-refractivity contribution in [2.45, 2.75) is 64.5 Å². The summed E-state index contributed by atoms with van der Waals surface area (Å²) in [7, 11) is 1.47. The van der Waals surface area contributed by atoms with Gasteiger partial charge >= 0.3 is 5.97 Å². The van der Waals surface area contributed by atoms with E-state index in [0.29, 0.717) is 0 Å². The van der Waals surface area contributed by atoms with Crippen LogP contribution in [-0.2, 0) is 9.53 Å². The van der Waals surface area contributed by atoms with E-state index in [2.05, 4.69) is 24.1 Å². The molecule has 1 aliphatic heterocycles. The molecule has 1 saturated heterocycles. The molecule has 0 saturated carbocycles. The third kappa shape index (κ3) is 5.49. The SMILES string of the molecule is COC(=O)C(C)(CCCCN1CCCC1)NC(C)C. The predicted molar refractivity (Wildman–Crippen MR) is 78.2 cm³/mol. The fourth-order valence-electron chi connectivity index (χ4n) is 2.92. The molecule has 1 unspecified atom stereocenters. The van der Waals surface area contributed by atoms with Crippen LogP contribution in [0.5, 0.6) is 0 Å². The number of ether oxygens (including phenoxy) is 1. The summed E-state index contributed by atoms with van der Waals surface area (Å²) in [6.45, 7) is 9.74. The summed E-state index contributed by atoms with van der Waals surface area (Å²) in [5.74, 6) is -0.151. The number of esters is 1. The molecular weight excluding hydrogens is 240 g/mol. The molecule has 1 atom stereocenters. The van der Waals surface area contributed by atoms with Gasteiger partial charge in [0, 0.05) is 6.04 Å². The quantitative estimate of drug-likeness (QED) is 0.542. The van der Waals surface area contributed by atoms with Crippen molar-refractivity contribution in [3.63, 3.8) is 0 Å². The highest BCUT2D eigenvalue weighted by atomic mass is 16.5. The Kier molecular flexibility index (Phi) is 6.80. The van der Waals surface area contributed by atoms with Crippen LogP contribution in [0.4, 0.5) is 0 Å². The van der Waals surface area contributed by atoms with Crippen LogP contribution < -0.4 is 5.32 Å². The number of unbranched alkanes of at least 4 members (excludes halogenated alkanes) is 1. The lowest BCUT2D eigenvalue weighted by Gasteiger charge is -2.30. The lowest BCUT2D eigenvalue weighted by Crippen LogP contribution is -2.52. The van der Waals surface area contributed by atoms with Gasteiger partial charge in [-0.1, -0.05) is 0 Å². The maximum absolute atomic E-state index is 11.9. The lowest BCUT2D eigenvalue weighted by molar-refractivity contribution is -0.148. The van der Waals surface area contributed by atoms with Crippen LogP contribution in [-0.4, -0.2) is 49.2 Å². The molecule has 0 radical (unpaired) electrons. The van der Waals surface area contributed by atoms with Crippen LogP contribution in [0.25, 0.3) is 0 Å². The van der Waals surface area contributed by atoms with Crippen molar-refractivity contribution in [3.8, 4) is 0 Å². The summed E-state index contributed by atoms with van der Waals surface area (Å²) in [5.41, 5.74) is -0.548. The zero-order valence-corrected chi connectivity index (χ0v) is 13.0. The van der Waals surface area contributed by atoms with E-state index >= 15 is 0 Å². The molecule has 4 nitrogen and oxygen atoms in total. The predicted octanol–water partition coefficient (Wildman–Crippen LogP) is 2.18. The van der Waals surface area contributed by atoms with E-state index in [-0.39, 0.29) is 12.0 Å². The van der Waals surface area contributed by atoms with Crippen molar-refractivity contribution < 1.29 is 9.53 Å². The first-order valence-electron chi connectivity index (χ1n) is 7.56. The summed E-state index contributed by atoms with van der Waals surface area (Å²) in [4.78, 5) is 14.4. The first-order chi connectivity index (χ1) is 8.98. The summed E-state index contributed by atoms with van der Waals surface area (Å²) < 4.78 is 4.93. The van der Waals surface area contributed by atoms with Gasteiger partial charge in [-0.15, -0.1) is 0 Å². The average molecular weight is 270 g/mol. The summed E-state index contributed by atoms with van der Waals surface area (Å²) in [6, 6.07) is 0.280. The van der Waals surface area contributed by atoms with Crippen molar-refractivity contribution in [2.24, 2.45) is 0 Å². The van der Waals surface area contributed by atoms with Crippen LogP contribution in [0.3, 0.4) is 0 Å². The first-order valence-corrected chi connectivity index (χ1v) is 7.56. The van der Waals surface area contributed by atoms with E-state index < -0.39 is 5.54 Å². The normalized spacial score (nSPS) is 19.6. The van der Waals surface area contributed by atoms with Gasteiger partial charge in [-0.2, -0.15) is 0 Å². The number of nitrogens with zero attached hydrogens (tertiary/aromatic N) is 1. The van der Waals surface area contributed by atoms with Gasteiger partial charge in [0.1, 0.15) is 5.54 Å². The second-order valence-electron chi connectivity index (χ2n) is 6.13. The number of methoxy groups -OCH3 is 1. The summed E-state index contributed by atoms with van der Waals surface area (Å²) in [6.07, 6.45) is 5.74. The van der Waals surface area contributed by atoms with E-state index in [0.717, 1.165) is 19.3 Å². The molecule has 1 aliphatic rings. The number of hydrogen-bond donors (Lipinski definition) is 1. The molecule has 0 aromatic heterocycles. The highest BCUT2D eigenvalue weighted by Gasteiger charge is 2.34. The Morgan fingerprint density at radius 1 is 1.32 bits per heavy atom. The van der Waals surface area contributed by atoms with Crippen molar-refractivity contribution in [2.75, 3.05) is 26.7 Å². The van der Waals surface area contributed by atoms with E-state index in [4.69, 9.17) is 4.74 Å². The molecule has 1 fully saturated rings. The molecule has 1 N–H and O–H groups in total. The number of likely N-dealkylation sites (tertiary alicyclic amines) is 1. The maximum Gasteiger partial charge on any atom is 0.325 e. The fourth-order valence-corrected chi connectivity index (χ4v) is 2.92. The van der Waals surface area contributed by atoms with E-state index in [1.807, 2.05) is 6.92 Å². The second kappa shape index (κ2) is 7.85. The zero-order chi connectivity index (χ0) is 14.3. The monoisotopic (exact) mass is 270 g/mol. The summed E-state index contributed by atoms with van der Waals surface area (Å²) in [5, 5.41) is 3.35. The minimum Gasteiger partial charge on any atom is -0.468 e. The molecule has 4 heteroatoms. The van der Waals surface area contributed by atoms with Crippen LogP contribution in [0.15, 0.2) is 0 Å². The molecule has 19 heavy (non-hydrogen) atoms. The molecule has 0 aromatic rings. The number of carbonyl (C=O) groups excluding carboxylic acids is 1. The van der Waals surface area contributed by atoms with E-state index in [1.54, 1.807) is 0 Å². The van der Waals surface area contributed by atoms with Crippen LogP contribution in [0, 0.1) is 0 Å². The standard InChI is InChI=1S/C15H30N2O2/c1-13(2)16-15(3,14(18)19-4)9-5-6-10-17-11-7-8-12-17/h13,16H,5-12H2,1-4H3. The molecule has 0 amide bonds. The van der Waals surface area contributed by atoms with Gasteiger partial charge in [-0.05, 0) is 72.5 Å². The van der Waals surface area contributed by atoms with Crippen molar-refractivity contribution >= 4 is 5.97 Å². The molecule has 0 bridgehead atoms. The van der Waals surface area contributed by atoms with Crippen LogP contribution in [0.2, 0.25) is 0 Å². The molecule has 0 aromatic carbocycles. The Morgan fingerprint density at radius 3 is 2.47 bits per heavy atom. The van der Waals surface area contributed by atoms with E-state index in [9.17, 15) is 4.79 Å². The van der Waals surface area contributed by atoms with Gasteiger partial charge in [0.2, 0.25) is 0 Å². The minimum absolute atomic E-state index is 0.151. The molecule has 0 spiro atoms. The maximum atomic E-state index is 11.9. The fraction of sp³-hybridized carbons (Fsp3) is 0.933. The number of carbonyl (C=O) groups is 1. The Bertz CT molecular complexity index is 275. The number of rotatable bonds is 8. The van der Waals surface area contributed by atoms with Crippen molar-refractivity contribution in [1.29, 1.82) is 0 Å². The number of nitrogens with one attached hydrogen (secondary N) is 1. The Labute approximate surface area is 117 Å². The molecule has 1 heterocycles. The molecular formula is C15H30N2O2. The van der Waals surface area contributed by atoms with Crippen LogP contribution in [0.1, 0.15) is 52.9 Å².